The van der Waals surface area contributed by atoms with E-state index in [0.717, 1.165) is 13.0 Å². The van der Waals surface area contributed by atoms with Crippen molar-refractivity contribution < 1.29 is 19.4 Å². The molecule has 0 aliphatic carbocycles. The van der Waals surface area contributed by atoms with E-state index in [4.69, 9.17) is 9.84 Å². The van der Waals surface area contributed by atoms with Gasteiger partial charge in [0.15, 0.2) is 0 Å². The first kappa shape index (κ1) is 15.8. The van der Waals surface area contributed by atoms with Crippen LogP contribution in [0.15, 0.2) is 0 Å². The van der Waals surface area contributed by atoms with E-state index in [2.05, 4.69) is 10.6 Å². The van der Waals surface area contributed by atoms with Crippen molar-refractivity contribution in [3.8, 4) is 0 Å². The number of carboxylic acid groups (broad SMARTS) is 1. The lowest BCUT2D eigenvalue weighted by Gasteiger charge is -2.23. The molecule has 1 heterocycles. The monoisotopic (exact) mass is 272 g/mol. The zero-order chi connectivity index (χ0) is 14.5. The van der Waals surface area contributed by atoms with Gasteiger partial charge in [0.05, 0.1) is 11.5 Å². The van der Waals surface area contributed by atoms with Crippen molar-refractivity contribution in [1.29, 1.82) is 0 Å². The maximum atomic E-state index is 11.6. The van der Waals surface area contributed by atoms with Crippen molar-refractivity contribution in [3.05, 3.63) is 0 Å². The quantitative estimate of drug-likeness (QED) is 0.678. The molecule has 110 valence electrons. The Hall–Kier alpha value is -1.30. The van der Waals surface area contributed by atoms with Crippen LogP contribution in [0.2, 0.25) is 0 Å². The predicted molar refractivity (Wildman–Crippen MR) is 71.0 cm³/mol. The summed E-state index contributed by atoms with van der Waals surface area (Å²) in [6, 6.07) is -0.319. The molecule has 1 rings (SSSR count). The fourth-order valence-corrected chi connectivity index (χ4v) is 1.96. The zero-order valence-corrected chi connectivity index (χ0v) is 11.9. The molecule has 6 nitrogen and oxygen atoms in total. The molecular weight excluding hydrogens is 248 g/mol. The van der Waals surface area contributed by atoms with Gasteiger partial charge in [-0.3, -0.25) is 4.79 Å². The van der Waals surface area contributed by atoms with Crippen molar-refractivity contribution in [2.75, 3.05) is 19.7 Å². The Morgan fingerprint density at radius 2 is 2.11 bits per heavy atom. The smallest absolute Gasteiger partial charge is 0.314 e. The zero-order valence-electron chi connectivity index (χ0n) is 11.9. The van der Waals surface area contributed by atoms with Crippen LogP contribution in [0.1, 0.15) is 33.6 Å². The number of hydrogen-bond acceptors (Lipinski definition) is 3. The molecule has 3 N–H and O–H groups in total. The van der Waals surface area contributed by atoms with E-state index < -0.39 is 11.4 Å². The Morgan fingerprint density at radius 3 is 2.58 bits per heavy atom. The number of carbonyl (C=O) groups is 2. The minimum atomic E-state index is -0.916. The SMILES string of the molecule is CCC(C)(CNC(=O)NCC1CCOC1C)C(=O)O. The lowest BCUT2D eigenvalue weighted by molar-refractivity contribution is -0.147. The van der Waals surface area contributed by atoms with Gasteiger partial charge in [-0.1, -0.05) is 6.92 Å². The number of hydrogen-bond donors (Lipinski definition) is 3. The van der Waals surface area contributed by atoms with Crippen molar-refractivity contribution in [2.45, 2.75) is 39.7 Å². The van der Waals surface area contributed by atoms with Crippen molar-refractivity contribution >= 4 is 12.0 Å². The molecule has 19 heavy (non-hydrogen) atoms. The summed E-state index contributed by atoms with van der Waals surface area (Å²) in [6.07, 6.45) is 1.58. The predicted octanol–water partition coefficient (Wildman–Crippen LogP) is 1.21. The minimum Gasteiger partial charge on any atom is -0.481 e. The molecule has 1 fully saturated rings. The van der Waals surface area contributed by atoms with Crippen molar-refractivity contribution in [3.63, 3.8) is 0 Å². The maximum Gasteiger partial charge on any atom is 0.314 e. The van der Waals surface area contributed by atoms with Gasteiger partial charge >= 0.3 is 12.0 Å². The molecule has 0 aromatic carbocycles. The molecule has 3 atom stereocenters. The highest BCUT2D eigenvalue weighted by atomic mass is 16.5. The largest absolute Gasteiger partial charge is 0.481 e. The first-order valence-electron chi connectivity index (χ1n) is 6.75. The minimum absolute atomic E-state index is 0.126. The van der Waals surface area contributed by atoms with Gasteiger partial charge in [-0.25, -0.2) is 4.79 Å². The van der Waals surface area contributed by atoms with Crippen LogP contribution in [0.25, 0.3) is 0 Å². The van der Waals surface area contributed by atoms with Crippen LogP contribution in [-0.4, -0.2) is 42.9 Å². The van der Waals surface area contributed by atoms with Gasteiger partial charge in [-0.15, -0.1) is 0 Å². The lowest BCUT2D eigenvalue weighted by atomic mass is 9.88. The Bertz CT molecular complexity index is 335. The third kappa shape index (κ3) is 4.38. The number of rotatable bonds is 6. The Kier molecular flexibility index (Phi) is 5.60. The summed E-state index contributed by atoms with van der Waals surface area (Å²) in [6.45, 7) is 6.84. The Labute approximate surface area is 113 Å². The van der Waals surface area contributed by atoms with Gasteiger partial charge in [-0.2, -0.15) is 0 Å². The average molecular weight is 272 g/mol. The van der Waals surface area contributed by atoms with Crippen molar-refractivity contribution in [1.82, 2.24) is 10.6 Å². The summed E-state index contributed by atoms with van der Waals surface area (Å²) in [5.41, 5.74) is -0.916. The number of amides is 2. The van der Waals surface area contributed by atoms with Crippen molar-refractivity contribution in [2.24, 2.45) is 11.3 Å². The molecular formula is C13H24N2O4. The van der Waals surface area contributed by atoms with Crippen LogP contribution < -0.4 is 10.6 Å². The number of nitrogens with one attached hydrogen (secondary N) is 2. The number of carboxylic acids is 1. The molecule has 6 heteroatoms. The molecule has 3 unspecified atom stereocenters. The van der Waals surface area contributed by atoms with E-state index in [1.165, 1.54) is 0 Å². The third-order valence-electron chi connectivity index (χ3n) is 3.99. The van der Waals surface area contributed by atoms with Gasteiger partial charge in [-0.05, 0) is 26.7 Å². The van der Waals surface area contributed by atoms with E-state index >= 15 is 0 Å². The van der Waals surface area contributed by atoms with E-state index in [-0.39, 0.29) is 18.7 Å². The average Bonchev–Trinajstić information content (AvgIpc) is 2.78. The maximum absolute atomic E-state index is 11.6. The highest BCUT2D eigenvalue weighted by molar-refractivity contribution is 5.77. The summed E-state index contributed by atoms with van der Waals surface area (Å²) in [4.78, 5) is 22.7. The van der Waals surface area contributed by atoms with Crippen LogP contribution in [0.5, 0.6) is 0 Å². The van der Waals surface area contributed by atoms with Crippen LogP contribution in [0, 0.1) is 11.3 Å². The fourth-order valence-electron chi connectivity index (χ4n) is 1.96. The summed E-state index contributed by atoms with van der Waals surface area (Å²) in [7, 11) is 0. The van der Waals surface area contributed by atoms with Crippen LogP contribution in [-0.2, 0) is 9.53 Å². The lowest BCUT2D eigenvalue weighted by Crippen LogP contribution is -2.46. The van der Waals surface area contributed by atoms with Crippen LogP contribution >= 0.6 is 0 Å². The standard InChI is InChI=1S/C13H24N2O4/c1-4-13(3,11(16)17)8-15-12(18)14-7-10-5-6-19-9(10)2/h9-10H,4-8H2,1-3H3,(H,16,17)(H2,14,15,18). The number of aliphatic carboxylic acids is 1. The normalized spacial score (nSPS) is 25.6. The first-order chi connectivity index (χ1) is 8.89. The number of carbonyl (C=O) groups excluding carboxylic acids is 1. The molecule has 0 bridgehead atoms. The van der Waals surface area contributed by atoms with E-state index in [9.17, 15) is 9.59 Å². The summed E-state index contributed by atoms with van der Waals surface area (Å²) in [5.74, 6) is -0.559. The summed E-state index contributed by atoms with van der Waals surface area (Å²) in [5, 5.41) is 14.5. The number of ether oxygens (including phenoxy) is 1. The molecule has 0 spiro atoms. The Morgan fingerprint density at radius 1 is 1.42 bits per heavy atom. The first-order valence-corrected chi connectivity index (χ1v) is 6.75. The second-order valence-electron chi connectivity index (χ2n) is 5.41. The van der Waals surface area contributed by atoms with E-state index in [1.807, 2.05) is 6.92 Å². The summed E-state index contributed by atoms with van der Waals surface area (Å²) < 4.78 is 5.41. The molecule has 0 aromatic rings. The molecule has 0 saturated carbocycles. The fraction of sp³-hybridized carbons (Fsp3) is 0.846. The van der Waals surface area contributed by atoms with Gasteiger partial charge in [0.25, 0.3) is 0 Å². The van der Waals surface area contributed by atoms with Gasteiger partial charge < -0.3 is 20.5 Å². The third-order valence-corrected chi connectivity index (χ3v) is 3.99. The van der Waals surface area contributed by atoms with Gasteiger partial charge in [0, 0.05) is 25.6 Å². The Balaban J connectivity index is 2.29. The highest BCUT2D eigenvalue weighted by Gasteiger charge is 2.31. The molecule has 0 radical (unpaired) electrons. The molecule has 2 amide bonds. The second kappa shape index (κ2) is 6.75. The molecule has 1 aliphatic heterocycles. The number of urea groups is 1. The molecule has 1 saturated heterocycles. The highest BCUT2D eigenvalue weighted by Crippen LogP contribution is 2.20. The van der Waals surface area contributed by atoms with Crippen LogP contribution in [0.3, 0.4) is 0 Å². The van der Waals surface area contributed by atoms with E-state index in [0.29, 0.717) is 18.9 Å². The molecule has 0 aromatic heterocycles. The van der Waals surface area contributed by atoms with Crippen LogP contribution in [0.4, 0.5) is 4.79 Å². The summed E-state index contributed by atoms with van der Waals surface area (Å²) >= 11 is 0. The van der Waals surface area contributed by atoms with E-state index in [1.54, 1.807) is 13.8 Å². The van der Waals surface area contributed by atoms with Gasteiger partial charge in [0.1, 0.15) is 0 Å². The van der Waals surface area contributed by atoms with Gasteiger partial charge in [0.2, 0.25) is 0 Å². The topological polar surface area (TPSA) is 87.7 Å². The molecule has 1 aliphatic rings. The second-order valence-corrected chi connectivity index (χ2v) is 5.41.